The van der Waals surface area contributed by atoms with E-state index in [1.807, 2.05) is 0 Å². The Kier molecular flexibility index (Phi) is 7.28. The predicted molar refractivity (Wildman–Crippen MR) is 125 cm³/mol. The standard InChI is InChI=1S/C24H23F3N4O4/c1-4-35-22(33)18-13-30(17-8-9-20(29-3)16(10-17)11-28)23(34)31(21(18)32)12-15-6-5-7-19(14(15)2)24(25,26)27/h5-11,13,28-29H,4,12H2,1-3H3. The second-order valence-corrected chi connectivity index (χ2v) is 7.56. The molecule has 1 heterocycles. The summed E-state index contributed by atoms with van der Waals surface area (Å²) in [5.74, 6) is -0.972. The number of ether oxygens (including phenoxy) is 1. The highest BCUT2D eigenvalue weighted by Crippen LogP contribution is 2.33. The van der Waals surface area contributed by atoms with Crippen LogP contribution in [0.2, 0.25) is 0 Å². The van der Waals surface area contributed by atoms with Crippen LogP contribution in [0.1, 0.15) is 39.5 Å². The van der Waals surface area contributed by atoms with Gasteiger partial charge in [-0.2, -0.15) is 13.2 Å². The summed E-state index contributed by atoms with van der Waals surface area (Å²) in [5, 5.41) is 10.5. The molecule has 3 aromatic rings. The summed E-state index contributed by atoms with van der Waals surface area (Å²) < 4.78 is 46.8. The average Bonchev–Trinajstić information content (AvgIpc) is 2.81. The molecule has 0 aliphatic heterocycles. The Labute approximate surface area is 198 Å². The Balaban J connectivity index is 2.28. The van der Waals surface area contributed by atoms with E-state index in [1.165, 1.54) is 25.1 Å². The lowest BCUT2D eigenvalue weighted by Gasteiger charge is -2.17. The Bertz CT molecular complexity index is 1410. The molecule has 0 saturated carbocycles. The minimum Gasteiger partial charge on any atom is -0.462 e. The fraction of sp³-hybridized carbons (Fsp3) is 0.250. The molecule has 0 aliphatic rings. The Hall–Kier alpha value is -4.15. The molecule has 8 nitrogen and oxygen atoms in total. The minimum atomic E-state index is -4.61. The van der Waals surface area contributed by atoms with Gasteiger partial charge < -0.3 is 15.5 Å². The molecule has 2 aromatic carbocycles. The fourth-order valence-corrected chi connectivity index (χ4v) is 3.65. The Morgan fingerprint density at radius 1 is 1.20 bits per heavy atom. The minimum absolute atomic E-state index is 0.0288. The lowest BCUT2D eigenvalue weighted by molar-refractivity contribution is -0.138. The second kappa shape index (κ2) is 10.00. The summed E-state index contributed by atoms with van der Waals surface area (Å²) in [5.41, 5.74) is -1.95. The molecular formula is C24H23F3N4O4. The third-order valence-electron chi connectivity index (χ3n) is 5.48. The summed E-state index contributed by atoms with van der Waals surface area (Å²) in [6, 6.07) is 8.14. The first kappa shape index (κ1) is 25.5. The SMILES string of the molecule is CCOC(=O)c1cn(-c2ccc(NC)c(C=N)c2)c(=O)n(Cc2cccc(C(F)(F)F)c2C)c1=O. The number of benzene rings is 2. The van der Waals surface area contributed by atoms with Crippen LogP contribution in [0.25, 0.3) is 5.69 Å². The first-order valence-electron chi connectivity index (χ1n) is 10.5. The van der Waals surface area contributed by atoms with Crippen molar-refractivity contribution >= 4 is 17.9 Å². The number of halogens is 3. The maximum Gasteiger partial charge on any atom is 0.416 e. The van der Waals surface area contributed by atoms with E-state index in [-0.39, 0.29) is 23.4 Å². The number of carbonyl (C=O) groups excluding carboxylic acids is 1. The summed E-state index contributed by atoms with van der Waals surface area (Å²) in [6.45, 7) is 2.28. The van der Waals surface area contributed by atoms with Crippen molar-refractivity contribution in [2.45, 2.75) is 26.6 Å². The van der Waals surface area contributed by atoms with Gasteiger partial charge in [0, 0.05) is 30.7 Å². The van der Waals surface area contributed by atoms with Gasteiger partial charge in [0.2, 0.25) is 0 Å². The van der Waals surface area contributed by atoms with Crippen molar-refractivity contribution in [3.63, 3.8) is 0 Å². The summed E-state index contributed by atoms with van der Waals surface area (Å²) in [7, 11) is 1.66. The first-order chi connectivity index (χ1) is 16.5. The van der Waals surface area contributed by atoms with Gasteiger partial charge in [-0.25, -0.2) is 9.59 Å². The van der Waals surface area contributed by atoms with Crippen molar-refractivity contribution in [2.24, 2.45) is 0 Å². The van der Waals surface area contributed by atoms with Gasteiger partial charge in [0.25, 0.3) is 5.56 Å². The van der Waals surface area contributed by atoms with Gasteiger partial charge in [0.1, 0.15) is 5.56 Å². The molecule has 11 heteroatoms. The molecule has 3 rings (SSSR count). The van der Waals surface area contributed by atoms with E-state index in [0.29, 0.717) is 15.8 Å². The van der Waals surface area contributed by atoms with Crippen molar-refractivity contribution < 1.29 is 22.7 Å². The van der Waals surface area contributed by atoms with Crippen LogP contribution in [0, 0.1) is 12.3 Å². The zero-order valence-electron chi connectivity index (χ0n) is 19.2. The molecule has 0 bridgehead atoms. The van der Waals surface area contributed by atoms with Gasteiger partial charge in [-0.05, 0) is 49.2 Å². The third kappa shape index (κ3) is 5.03. The number of nitrogens with one attached hydrogen (secondary N) is 2. The summed E-state index contributed by atoms with van der Waals surface area (Å²) >= 11 is 0. The molecule has 2 N–H and O–H groups in total. The molecule has 0 atom stereocenters. The summed E-state index contributed by atoms with van der Waals surface area (Å²) in [4.78, 5) is 38.9. The highest BCUT2D eigenvalue weighted by Gasteiger charge is 2.33. The normalized spacial score (nSPS) is 11.3. The number of alkyl halides is 3. The number of hydrogen-bond acceptors (Lipinski definition) is 6. The fourth-order valence-electron chi connectivity index (χ4n) is 3.65. The Morgan fingerprint density at radius 3 is 2.51 bits per heavy atom. The van der Waals surface area contributed by atoms with Crippen LogP contribution in [-0.2, 0) is 17.5 Å². The van der Waals surface area contributed by atoms with Crippen molar-refractivity contribution in [3.8, 4) is 5.69 Å². The van der Waals surface area contributed by atoms with E-state index in [9.17, 15) is 27.6 Å². The first-order valence-corrected chi connectivity index (χ1v) is 10.5. The smallest absolute Gasteiger partial charge is 0.416 e. The van der Waals surface area contributed by atoms with Crippen molar-refractivity contribution in [2.75, 3.05) is 19.0 Å². The van der Waals surface area contributed by atoms with Crippen LogP contribution < -0.4 is 16.6 Å². The number of carbonyl (C=O) groups is 1. The number of nitrogens with zero attached hydrogens (tertiary/aromatic N) is 2. The predicted octanol–water partition coefficient (Wildman–Crippen LogP) is 3.59. The largest absolute Gasteiger partial charge is 0.462 e. The van der Waals surface area contributed by atoms with E-state index in [4.69, 9.17) is 10.1 Å². The molecule has 0 amide bonds. The van der Waals surface area contributed by atoms with Crippen LogP contribution in [0.4, 0.5) is 18.9 Å². The number of aromatic nitrogens is 2. The quantitative estimate of drug-likeness (QED) is 0.391. The number of esters is 1. The molecule has 184 valence electrons. The highest BCUT2D eigenvalue weighted by atomic mass is 19.4. The van der Waals surface area contributed by atoms with Crippen LogP contribution >= 0.6 is 0 Å². The molecule has 0 saturated heterocycles. The third-order valence-corrected chi connectivity index (χ3v) is 5.48. The number of hydrogen-bond donors (Lipinski definition) is 2. The Morgan fingerprint density at radius 2 is 1.91 bits per heavy atom. The van der Waals surface area contributed by atoms with E-state index in [2.05, 4.69) is 5.32 Å². The zero-order chi connectivity index (χ0) is 25.9. The van der Waals surface area contributed by atoms with Crippen molar-refractivity contribution in [1.29, 1.82) is 5.41 Å². The second-order valence-electron chi connectivity index (χ2n) is 7.56. The molecule has 0 unspecified atom stereocenters. The van der Waals surface area contributed by atoms with Gasteiger partial charge in [0.15, 0.2) is 0 Å². The molecule has 35 heavy (non-hydrogen) atoms. The van der Waals surface area contributed by atoms with Crippen LogP contribution in [0.3, 0.4) is 0 Å². The topological polar surface area (TPSA) is 106 Å². The van der Waals surface area contributed by atoms with E-state index in [0.717, 1.165) is 23.0 Å². The molecule has 1 aromatic heterocycles. The van der Waals surface area contributed by atoms with Crippen LogP contribution in [0.15, 0.2) is 52.2 Å². The molecule has 0 fully saturated rings. The van der Waals surface area contributed by atoms with Crippen LogP contribution in [-0.4, -0.2) is 35.0 Å². The number of rotatable bonds is 7. The molecule has 0 spiro atoms. The van der Waals surface area contributed by atoms with Gasteiger partial charge >= 0.3 is 17.8 Å². The summed E-state index contributed by atoms with van der Waals surface area (Å²) in [6.07, 6.45) is -2.51. The maximum atomic E-state index is 13.4. The van der Waals surface area contributed by atoms with Crippen molar-refractivity contribution in [3.05, 3.63) is 91.3 Å². The molecular weight excluding hydrogens is 465 g/mol. The lowest BCUT2D eigenvalue weighted by atomic mass is 10.0. The van der Waals surface area contributed by atoms with Gasteiger partial charge in [-0.15, -0.1) is 0 Å². The zero-order valence-corrected chi connectivity index (χ0v) is 19.2. The van der Waals surface area contributed by atoms with Gasteiger partial charge in [0.05, 0.1) is 24.4 Å². The average molecular weight is 488 g/mol. The van der Waals surface area contributed by atoms with Crippen LogP contribution in [0.5, 0.6) is 0 Å². The van der Waals surface area contributed by atoms with E-state index < -0.39 is 41.1 Å². The molecule has 0 radical (unpaired) electrons. The maximum absolute atomic E-state index is 13.4. The van der Waals surface area contributed by atoms with E-state index in [1.54, 1.807) is 26.1 Å². The number of anilines is 1. The molecule has 0 aliphatic carbocycles. The monoisotopic (exact) mass is 488 g/mol. The van der Waals surface area contributed by atoms with Gasteiger partial charge in [-0.3, -0.25) is 13.9 Å². The highest BCUT2D eigenvalue weighted by molar-refractivity contribution is 5.89. The van der Waals surface area contributed by atoms with Crippen molar-refractivity contribution in [1.82, 2.24) is 9.13 Å². The van der Waals surface area contributed by atoms with E-state index >= 15 is 0 Å². The van der Waals surface area contributed by atoms with Gasteiger partial charge in [-0.1, -0.05) is 12.1 Å². The lowest BCUT2D eigenvalue weighted by Crippen LogP contribution is -2.42.